The van der Waals surface area contributed by atoms with E-state index >= 15 is 0 Å². The molecule has 142 valence electrons. The molecule has 2 aromatic carbocycles. The predicted octanol–water partition coefficient (Wildman–Crippen LogP) is 5.15. The fourth-order valence-corrected chi connectivity index (χ4v) is 4.03. The van der Waals surface area contributed by atoms with Gasteiger partial charge < -0.3 is 4.90 Å². The van der Waals surface area contributed by atoms with E-state index in [1.54, 1.807) is 18.3 Å². The number of hydrogen-bond donors (Lipinski definition) is 1. The molecule has 0 amide bonds. The van der Waals surface area contributed by atoms with Gasteiger partial charge in [-0.1, -0.05) is 13.0 Å². The first-order valence-electron chi connectivity index (χ1n) is 9.27. The van der Waals surface area contributed by atoms with Gasteiger partial charge in [0.25, 0.3) is 5.69 Å². The molecule has 6 nitrogen and oxygen atoms in total. The minimum atomic E-state index is -0.414. The molecule has 6 heteroatoms. The van der Waals surface area contributed by atoms with Crippen LogP contribution in [0.3, 0.4) is 0 Å². The van der Waals surface area contributed by atoms with Crippen LogP contribution in [-0.4, -0.2) is 23.2 Å². The van der Waals surface area contributed by atoms with E-state index < -0.39 is 4.92 Å². The van der Waals surface area contributed by atoms with Gasteiger partial charge in [-0.2, -0.15) is 5.10 Å². The third-order valence-corrected chi connectivity index (χ3v) is 5.21. The molecule has 0 saturated carbocycles. The molecule has 0 aliphatic carbocycles. The van der Waals surface area contributed by atoms with Gasteiger partial charge in [-0.15, -0.1) is 0 Å². The van der Waals surface area contributed by atoms with Crippen LogP contribution in [0.1, 0.15) is 51.2 Å². The van der Waals surface area contributed by atoms with E-state index in [0.29, 0.717) is 11.6 Å². The first-order chi connectivity index (χ1) is 12.8. The Bertz CT molecular complexity index is 859. The van der Waals surface area contributed by atoms with Gasteiger partial charge in [0.05, 0.1) is 16.8 Å². The third kappa shape index (κ3) is 3.94. The minimum absolute atomic E-state index is 0.0663. The number of benzene rings is 2. The van der Waals surface area contributed by atoms with E-state index in [4.69, 9.17) is 0 Å². The number of rotatable bonds is 5. The average Bonchev–Trinajstić information content (AvgIpc) is 2.62. The molecular weight excluding hydrogens is 340 g/mol. The highest BCUT2D eigenvalue weighted by Crippen LogP contribution is 2.43. The second-order valence-corrected chi connectivity index (χ2v) is 7.65. The lowest BCUT2D eigenvalue weighted by Gasteiger charge is -2.47. The highest BCUT2D eigenvalue weighted by Gasteiger charge is 2.35. The van der Waals surface area contributed by atoms with E-state index in [1.807, 2.05) is 0 Å². The fourth-order valence-electron chi connectivity index (χ4n) is 4.03. The molecule has 1 aliphatic rings. The minimum Gasteiger partial charge on any atom is -0.366 e. The normalized spacial score (nSPS) is 18.4. The summed E-state index contributed by atoms with van der Waals surface area (Å²) in [6.45, 7) is 10.1. The summed E-state index contributed by atoms with van der Waals surface area (Å²) < 4.78 is 0. The molecule has 3 rings (SSSR count). The van der Waals surface area contributed by atoms with Gasteiger partial charge in [0.15, 0.2) is 0 Å². The molecular formula is C21H26N4O2. The lowest BCUT2D eigenvalue weighted by molar-refractivity contribution is -0.384. The Hall–Kier alpha value is -2.89. The summed E-state index contributed by atoms with van der Waals surface area (Å²) in [6.07, 6.45) is 2.90. The number of nitrogens with zero attached hydrogens (tertiary/aromatic N) is 3. The van der Waals surface area contributed by atoms with Crippen molar-refractivity contribution in [2.45, 2.75) is 45.6 Å². The maximum absolute atomic E-state index is 10.7. The van der Waals surface area contributed by atoms with Crippen molar-refractivity contribution in [3.63, 3.8) is 0 Å². The quantitative estimate of drug-likeness (QED) is 0.451. The van der Waals surface area contributed by atoms with Gasteiger partial charge in [0.1, 0.15) is 0 Å². The second-order valence-electron chi connectivity index (χ2n) is 7.65. The van der Waals surface area contributed by atoms with Gasteiger partial charge in [0.2, 0.25) is 0 Å². The molecule has 0 spiro atoms. The Labute approximate surface area is 160 Å². The molecule has 0 saturated heterocycles. The van der Waals surface area contributed by atoms with E-state index in [2.05, 4.69) is 61.3 Å². The first kappa shape index (κ1) is 18.9. The second kappa shape index (κ2) is 7.39. The number of hydrazone groups is 1. The molecule has 0 unspecified atom stereocenters. The van der Waals surface area contributed by atoms with E-state index in [9.17, 15) is 10.1 Å². The van der Waals surface area contributed by atoms with Gasteiger partial charge in [0, 0.05) is 29.9 Å². The molecule has 0 bridgehead atoms. The monoisotopic (exact) mass is 366 g/mol. The van der Waals surface area contributed by atoms with E-state index in [-0.39, 0.29) is 11.2 Å². The number of non-ortho nitro benzene ring substituents is 1. The molecule has 1 aliphatic heterocycles. The first-order valence-corrected chi connectivity index (χ1v) is 9.27. The molecule has 0 radical (unpaired) electrons. The van der Waals surface area contributed by atoms with E-state index in [1.165, 1.54) is 23.4 Å². The van der Waals surface area contributed by atoms with Crippen molar-refractivity contribution in [1.82, 2.24) is 0 Å². The zero-order valence-electron chi connectivity index (χ0n) is 16.3. The summed E-state index contributed by atoms with van der Waals surface area (Å²) in [5.74, 6) is 0.494. The maximum atomic E-state index is 10.7. The lowest BCUT2D eigenvalue weighted by atomic mass is 9.79. The zero-order chi connectivity index (χ0) is 19.6. The van der Waals surface area contributed by atoms with Crippen LogP contribution in [0.5, 0.6) is 0 Å². The highest BCUT2D eigenvalue weighted by atomic mass is 16.6. The standard InChI is InChI=1S/C21H26N4O2/c1-5-24-20-11-6-16(12-19(20)15(2)13-21(24,3)4)14-22-23-17-7-9-18(10-8-17)25(26)27/h6-12,14-15,23H,5,13H2,1-4H3/b22-14-/t15-/m1/s1. The van der Waals surface area contributed by atoms with Crippen molar-refractivity contribution in [1.29, 1.82) is 0 Å². The number of hydrogen-bond acceptors (Lipinski definition) is 5. The van der Waals surface area contributed by atoms with Gasteiger partial charge in [-0.05, 0) is 68.5 Å². The van der Waals surface area contributed by atoms with Crippen LogP contribution < -0.4 is 10.3 Å². The van der Waals surface area contributed by atoms with Crippen LogP contribution in [0.15, 0.2) is 47.6 Å². The fraction of sp³-hybridized carbons (Fsp3) is 0.381. The van der Waals surface area contributed by atoms with Crippen LogP contribution >= 0.6 is 0 Å². The molecule has 1 N–H and O–H groups in total. The topological polar surface area (TPSA) is 70.8 Å². The Morgan fingerprint density at radius 1 is 1.30 bits per heavy atom. The lowest BCUT2D eigenvalue weighted by Crippen LogP contribution is -2.48. The van der Waals surface area contributed by atoms with Crippen molar-refractivity contribution in [3.8, 4) is 0 Å². The highest BCUT2D eigenvalue weighted by molar-refractivity contribution is 5.82. The molecule has 1 atom stereocenters. The van der Waals surface area contributed by atoms with E-state index in [0.717, 1.165) is 18.5 Å². The molecule has 27 heavy (non-hydrogen) atoms. The van der Waals surface area contributed by atoms with Crippen molar-refractivity contribution >= 4 is 23.3 Å². The smallest absolute Gasteiger partial charge is 0.269 e. The molecule has 0 aromatic heterocycles. The SMILES string of the molecule is CCN1c2ccc(/C=N\Nc3ccc([N+](=O)[O-])cc3)cc2[C@H](C)CC1(C)C. The van der Waals surface area contributed by atoms with Gasteiger partial charge >= 0.3 is 0 Å². The van der Waals surface area contributed by atoms with Gasteiger partial charge in [-0.3, -0.25) is 15.5 Å². The largest absolute Gasteiger partial charge is 0.366 e. The number of nitro benzene ring substituents is 1. The Kier molecular flexibility index (Phi) is 5.17. The van der Waals surface area contributed by atoms with Crippen molar-refractivity contribution < 1.29 is 4.92 Å². The summed E-state index contributed by atoms with van der Waals surface area (Å²) in [7, 11) is 0. The third-order valence-electron chi connectivity index (χ3n) is 5.21. The van der Waals surface area contributed by atoms with Crippen molar-refractivity contribution in [2.24, 2.45) is 5.10 Å². The van der Waals surface area contributed by atoms with Gasteiger partial charge in [-0.25, -0.2) is 0 Å². The zero-order valence-corrected chi connectivity index (χ0v) is 16.3. The summed E-state index contributed by atoms with van der Waals surface area (Å²) >= 11 is 0. The van der Waals surface area contributed by atoms with Crippen LogP contribution in [0, 0.1) is 10.1 Å². The van der Waals surface area contributed by atoms with Crippen LogP contribution in [0.4, 0.5) is 17.1 Å². The number of nitrogens with one attached hydrogen (secondary N) is 1. The number of nitro groups is 1. The summed E-state index contributed by atoms with van der Waals surface area (Å²) in [6, 6.07) is 12.7. The van der Waals surface area contributed by atoms with Crippen LogP contribution in [0.2, 0.25) is 0 Å². The Morgan fingerprint density at radius 2 is 2.00 bits per heavy atom. The number of anilines is 2. The average molecular weight is 366 g/mol. The van der Waals surface area contributed by atoms with Crippen molar-refractivity contribution in [3.05, 3.63) is 63.7 Å². The molecule has 2 aromatic rings. The summed E-state index contributed by atoms with van der Waals surface area (Å²) in [5.41, 5.74) is 7.55. The molecule has 0 fully saturated rings. The maximum Gasteiger partial charge on any atom is 0.269 e. The van der Waals surface area contributed by atoms with Crippen LogP contribution in [0.25, 0.3) is 0 Å². The summed E-state index contributed by atoms with van der Waals surface area (Å²) in [5, 5.41) is 15.0. The van der Waals surface area contributed by atoms with Crippen LogP contribution in [-0.2, 0) is 0 Å². The Morgan fingerprint density at radius 3 is 2.63 bits per heavy atom. The number of fused-ring (bicyclic) bond motifs is 1. The Balaban J connectivity index is 1.76. The molecule has 1 heterocycles. The van der Waals surface area contributed by atoms with Crippen molar-refractivity contribution in [2.75, 3.05) is 16.9 Å². The summed E-state index contributed by atoms with van der Waals surface area (Å²) in [4.78, 5) is 12.7. The predicted molar refractivity (Wildman–Crippen MR) is 111 cm³/mol.